The number of aliphatic hydroxyl groups excluding tert-OH is 1. The first kappa shape index (κ1) is 14.7. The third-order valence-electron chi connectivity index (χ3n) is 3.52. The molecule has 20 heavy (non-hydrogen) atoms. The molecule has 0 bridgehead atoms. The van der Waals surface area contributed by atoms with Crippen molar-refractivity contribution in [3.63, 3.8) is 0 Å². The molecule has 1 heterocycles. The molecule has 6 heteroatoms. The summed E-state index contributed by atoms with van der Waals surface area (Å²) in [7, 11) is 0. The van der Waals surface area contributed by atoms with Gasteiger partial charge in [0.1, 0.15) is 11.6 Å². The number of urea groups is 1. The Morgan fingerprint density at radius 3 is 2.95 bits per heavy atom. The quantitative estimate of drug-likeness (QED) is 0.896. The van der Waals surface area contributed by atoms with Crippen molar-refractivity contribution in [2.75, 3.05) is 25.0 Å². The molecule has 1 saturated heterocycles. The maximum atomic E-state index is 13.5. The number of piperidine rings is 1. The fourth-order valence-electron chi connectivity index (χ4n) is 2.45. The van der Waals surface area contributed by atoms with Gasteiger partial charge in [-0.1, -0.05) is 0 Å². The van der Waals surface area contributed by atoms with E-state index in [2.05, 4.69) is 5.32 Å². The predicted molar refractivity (Wildman–Crippen MR) is 71.4 cm³/mol. The van der Waals surface area contributed by atoms with E-state index in [0.717, 1.165) is 25.0 Å². The molecule has 0 spiro atoms. The zero-order valence-corrected chi connectivity index (χ0v) is 11.1. The highest BCUT2D eigenvalue weighted by Crippen LogP contribution is 2.21. The van der Waals surface area contributed by atoms with Crippen molar-refractivity contribution in [2.45, 2.75) is 19.3 Å². The van der Waals surface area contributed by atoms with Crippen LogP contribution in [0, 0.1) is 17.6 Å². The first-order chi connectivity index (χ1) is 9.60. The van der Waals surface area contributed by atoms with Crippen LogP contribution in [0.4, 0.5) is 19.3 Å². The van der Waals surface area contributed by atoms with Gasteiger partial charge in [0.05, 0.1) is 5.69 Å². The summed E-state index contributed by atoms with van der Waals surface area (Å²) < 4.78 is 26.3. The van der Waals surface area contributed by atoms with E-state index in [9.17, 15) is 13.6 Å². The number of halogens is 2. The lowest BCUT2D eigenvalue weighted by Crippen LogP contribution is -2.42. The van der Waals surface area contributed by atoms with Gasteiger partial charge in [0, 0.05) is 25.8 Å². The lowest BCUT2D eigenvalue weighted by atomic mass is 9.95. The third kappa shape index (κ3) is 3.66. The van der Waals surface area contributed by atoms with Gasteiger partial charge in [0.15, 0.2) is 0 Å². The van der Waals surface area contributed by atoms with Crippen LogP contribution in [0.3, 0.4) is 0 Å². The minimum atomic E-state index is -0.790. The molecule has 110 valence electrons. The van der Waals surface area contributed by atoms with Crippen LogP contribution < -0.4 is 5.32 Å². The van der Waals surface area contributed by atoms with Gasteiger partial charge >= 0.3 is 6.03 Å². The number of nitrogens with one attached hydrogen (secondary N) is 1. The smallest absolute Gasteiger partial charge is 0.321 e. The molecule has 1 unspecified atom stereocenters. The number of aliphatic hydroxyl groups is 1. The van der Waals surface area contributed by atoms with Gasteiger partial charge in [-0.2, -0.15) is 0 Å². The Morgan fingerprint density at radius 2 is 2.25 bits per heavy atom. The number of rotatable bonds is 3. The zero-order chi connectivity index (χ0) is 14.5. The molecular formula is C14H18F2N2O2. The Morgan fingerprint density at radius 1 is 1.45 bits per heavy atom. The van der Waals surface area contributed by atoms with Crippen LogP contribution in [0.15, 0.2) is 18.2 Å². The number of carbonyl (C=O) groups excluding carboxylic acids is 1. The van der Waals surface area contributed by atoms with Gasteiger partial charge in [-0.3, -0.25) is 0 Å². The lowest BCUT2D eigenvalue weighted by molar-refractivity contribution is 0.159. The zero-order valence-electron chi connectivity index (χ0n) is 11.1. The largest absolute Gasteiger partial charge is 0.396 e. The van der Waals surface area contributed by atoms with Gasteiger partial charge < -0.3 is 15.3 Å². The van der Waals surface area contributed by atoms with Crippen LogP contribution in [0.2, 0.25) is 0 Å². The van der Waals surface area contributed by atoms with Crippen LogP contribution in [0.5, 0.6) is 0 Å². The van der Waals surface area contributed by atoms with Crippen molar-refractivity contribution >= 4 is 11.7 Å². The number of benzene rings is 1. The van der Waals surface area contributed by atoms with Gasteiger partial charge in [-0.25, -0.2) is 13.6 Å². The summed E-state index contributed by atoms with van der Waals surface area (Å²) >= 11 is 0. The predicted octanol–water partition coefficient (Wildman–Crippen LogP) is 2.59. The van der Waals surface area contributed by atoms with Crippen LogP contribution in [-0.2, 0) is 0 Å². The molecule has 0 aliphatic carbocycles. The summed E-state index contributed by atoms with van der Waals surface area (Å²) in [6.45, 7) is 1.26. The molecule has 2 amide bonds. The van der Waals surface area contributed by atoms with Gasteiger partial charge in [0.2, 0.25) is 0 Å². The number of hydrogen-bond donors (Lipinski definition) is 2. The van der Waals surface area contributed by atoms with E-state index in [1.54, 1.807) is 4.90 Å². The second-order valence-electron chi connectivity index (χ2n) is 5.02. The number of hydrogen-bond acceptors (Lipinski definition) is 2. The molecule has 0 aromatic heterocycles. The van der Waals surface area contributed by atoms with E-state index in [1.807, 2.05) is 0 Å². The molecule has 1 fully saturated rings. The summed E-state index contributed by atoms with van der Waals surface area (Å²) in [4.78, 5) is 13.7. The molecule has 1 atom stereocenters. The molecule has 0 saturated carbocycles. The van der Waals surface area contributed by atoms with Crippen molar-refractivity contribution in [1.82, 2.24) is 4.90 Å². The van der Waals surface area contributed by atoms with Gasteiger partial charge in [-0.05, 0) is 37.3 Å². The molecule has 1 aliphatic heterocycles. The minimum Gasteiger partial charge on any atom is -0.396 e. The fourth-order valence-corrected chi connectivity index (χ4v) is 2.45. The van der Waals surface area contributed by atoms with Crippen LogP contribution in [0.25, 0.3) is 0 Å². The third-order valence-corrected chi connectivity index (χ3v) is 3.52. The Labute approximate surface area is 116 Å². The highest BCUT2D eigenvalue weighted by atomic mass is 19.1. The summed E-state index contributed by atoms with van der Waals surface area (Å²) in [5.74, 6) is -1.19. The highest BCUT2D eigenvalue weighted by Gasteiger charge is 2.23. The van der Waals surface area contributed by atoms with Gasteiger partial charge in [0.25, 0.3) is 0 Å². The van der Waals surface area contributed by atoms with Crippen molar-refractivity contribution < 1.29 is 18.7 Å². The molecule has 1 aromatic carbocycles. The molecule has 1 aromatic rings. The Balaban J connectivity index is 1.97. The monoisotopic (exact) mass is 284 g/mol. The van der Waals surface area contributed by atoms with E-state index in [-0.39, 0.29) is 18.2 Å². The standard InChI is InChI=1S/C14H18F2N2O2/c15-11-3-4-13(12(16)8-11)17-14(20)18-6-1-2-10(9-18)5-7-19/h3-4,8,10,19H,1-2,5-7,9H2,(H,17,20). The van der Waals surface area contributed by atoms with Crippen molar-refractivity contribution in [1.29, 1.82) is 0 Å². The van der Waals surface area contributed by atoms with E-state index in [4.69, 9.17) is 5.11 Å². The van der Waals surface area contributed by atoms with E-state index >= 15 is 0 Å². The second-order valence-corrected chi connectivity index (χ2v) is 5.02. The Hall–Kier alpha value is -1.69. The maximum absolute atomic E-state index is 13.5. The first-order valence-corrected chi connectivity index (χ1v) is 6.72. The van der Waals surface area contributed by atoms with Crippen molar-refractivity contribution in [2.24, 2.45) is 5.92 Å². The minimum absolute atomic E-state index is 0.0271. The number of nitrogens with zero attached hydrogens (tertiary/aromatic N) is 1. The van der Waals surface area contributed by atoms with Crippen molar-refractivity contribution in [3.8, 4) is 0 Å². The molecular weight excluding hydrogens is 266 g/mol. The highest BCUT2D eigenvalue weighted by molar-refractivity contribution is 5.89. The molecule has 4 nitrogen and oxygen atoms in total. The summed E-state index contributed by atoms with van der Waals surface area (Å²) in [5.41, 5.74) is -0.0271. The van der Waals surface area contributed by atoms with E-state index in [0.29, 0.717) is 19.5 Å². The number of carbonyl (C=O) groups is 1. The van der Waals surface area contributed by atoms with E-state index < -0.39 is 17.7 Å². The number of amides is 2. The Kier molecular flexibility index (Phi) is 4.89. The van der Waals surface area contributed by atoms with Crippen LogP contribution >= 0.6 is 0 Å². The Bertz CT molecular complexity index is 480. The first-order valence-electron chi connectivity index (χ1n) is 6.72. The normalized spacial score (nSPS) is 18.9. The van der Waals surface area contributed by atoms with Crippen molar-refractivity contribution in [3.05, 3.63) is 29.8 Å². The number of likely N-dealkylation sites (tertiary alicyclic amines) is 1. The van der Waals surface area contributed by atoms with Crippen LogP contribution in [0.1, 0.15) is 19.3 Å². The SMILES string of the molecule is O=C(Nc1ccc(F)cc1F)N1CCCC(CCO)C1. The molecule has 2 rings (SSSR count). The summed E-state index contributed by atoms with van der Waals surface area (Å²) in [6.07, 6.45) is 2.51. The molecule has 1 aliphatic rings. The molecule has 2 N–H and O–H groups in total. The fraction of sp³-hybridized carbons (Fsp3) is 0.500. The lowest BCUT2D eigenvalue weighted by Gasteiger charge is -2.32. The molecule has 0 radical (unpaired) electrons. The van der Waals surface area contributed by atoms with Gasteiger partial charge in [-0.15, -0.1) is 0 Å². The van der Waals surface area contributed by atoms with E-state index in [1.165, 1.54) is 6.07 Å². The van der Waals surface area contributed by atoms with Crippen LogP contribution in [-0.4, -0.2) is 35.7 Å². The average Bonchev–Trinajstić information content (AvgIpc) is 2.42. The topological polar surface area (TPSA) is 52.6 Å². The summed E-state index contributed by atoms with van der Waals surface area (Å²) in [6, 6.07) is 2.65. The second kappa shape index (κ2) is 6.65. The summed E-state index contributed by atoms with van der Waals surface area (Å²) in [5, 5.41) is 11.4. The average molecular weight is 284 g/mol. The number of anilines is 1. The maximum Gasteiger partial charge on any atom is 0.321 e.